The van der Waals surface area contributed by atoms with E-state index in [1.807, 2.05) is 13.8 Å². The standard InChI is InChI=1S/C11H18O4/c1-5-14-10(12)9(7-8(3)4)11(13)15-6-2/h7,9H,5-6H2,1-4H3. The highest BCUT2D eigenvalue weighted by atomic mass is 16.6. The Labute approximate surface area is 90.2 Å². The first-order valence-corrected chi connectivity index (χ1v) is 5.01. The van der Waals surface area contributed by atoms with Crippen molar-refractivity contribution < 1.29 is 19.1 Å². The van der Waals surface area contributed by atoms with E-state index in [9.17, 15) is 9.59 Å². The Morgan fingerprint density at radius 3 is 1.73 bits per heavy atom. The van der Waals surface area contributed by atoms with Crippen LogP contribution in [0.5, 0.6) is 0 Å². The highest BCUT2D eigenvalue weighted by molar-refractivity contribution is 5.97. The summed E-state index contributed by atoms with van der Waals surface area (Å²) in [6.45, 7) is 7.53. The summed E-state index contributed by atoms with van der Waals surface area (Å²) in [5, 5.41) is 0. The van der Waals surface area contributed by atoms with Crippen molar-refractivity contribution in [2.75, 3.05) is 13.2 Å². The summed E-state index contributed by atoms with van der Waals surface area (Å²) in [6.07, 6.45) is 1.55. The second kappa shape index (κ2) is 7.04. The van der Waals surface area contributed by atoms with Gasteiger partial charge in [-0.3, -0.25) is 9.59 Å². The molecule has 15 heavy (non-hydrogen) atoms. The van der Waals surface area contributed by atoms with Crippen LogP contribution in [0.3, 0.4) is 0 Å². The minimum atomic E-state index is -0.935. The zero-order chi connectivity index (χ0) is 11.8. The van der Waals surface area contributed by atoms with E-state index in [0.717, 1.165) is 5.57 Å². The van der Waals surface area contributed by atoms with Gasteiger partial charge in [-0.05, 0) is 27.7 Å². The van der Waals surface area contributed by atoms with Crippen molar-refractivity contribution in [3.05, 3.63) is 11.6 Å². The molecule has 0 fully saturated rings. The molecule has 0 saturated carbocycles. The molecular formula is C11H18O4. The molecule has 0 heterocycles. The molecule has 0 saturated heterocycles. The normalized spacial score (nSPS) is 9.67. The summed E-state index contributed by atoms with van der Waals surface area (Å²) < 4.78 is 9.58. The Bertz CT molecular complexity index is 233. The fourth-order valence-electron chi connectivity index (χ4n) is 1.03. The van der Waals surface area contributed by atoms with Gasteiger partial charge >= 0.3 is 11.9 Å². The van der Waals surface area contributed by atoms with Crippen LogP contribution < -0.4 is 0 Å². The van der Waals surface area contributed by atoms with Gasteiger partial charge in [0, 0.05) is 0 Å². The maximum atomic E-state index is 11.4. The number of ether oxygens (including phenoxy) is 2. The fraction of sp³-hybridized carbons (Fsp3) is 0.636. The van der Waals surface area contributed by atoms with Gasteiger partial charge in [0.2, 0.25) is 0 Å². The Kier molecular flexibility index (Phi) is 6.42. The van der Waals surface area contributed by atoms with Crippen LogP contribution >= 0.6 is 0 Å². The van der Waals surface area contributed by atoms with Crippen LogP contribution in [0.2, 0.25) is 0 Å². The quantitative estimate of drug-likeness (QED) is 0.397. The van der Waals surface area contributed by atoms with Gasteiger partial charge in [-0.15, -0.1) is 0 Å². The molecular weight excluding hydrogens is 196 g/mol. The third-order valence-electron chi connectivity index (χ3n) is 1.58. The molecule has 0 amide bonds. The summed E-state index contributed by atoms with van der Waals surface area (Å²) in [5.41, 5.74) is 0.876. The molecule has 0 aromatic carbocycles. The van der Waals surface area contributed by atoms with Crippen LogP contribution in [0, 0.1) is 5.92 Å². The van der Waals surface area contributed by atoms with E-state index >= 15 is 0 Å². The molecule has 0 spiro atoms. The lowest BCUT2D eigenvalue weighted by Crippen LogP contribution is -2.26. The number of hydrogen-bond donors (Lipinski definition) is 0. The van der Waals surface area contributed by atoms with Crippen LogP contribution in [0.4, 0.5) is 0 Å². The molecule has 0 unspecified atom stereocenters. The predicted molar refractivity (Wildman–Crippen MR) is 56.2 cm³/mol. The lowest BCUT2D eigenvalue weighted by molar-refractivity contribution is -0.158. The number of carbonyl (C=O) groups excluding carboxylic acids is 2. The van der Waals surface area contributed by atoms with Gasteiger partial charge in [-0.2, -0.15) is 0 Å². The van der Waals surface area contributed by atoms with Crippen LogP contribution in [0.15, 0.2) is 11.6 Å². The Hall–Kier alpha value is -1.32. The molecule has 4 nitrogen and oxygen atoms in total. The fourth-order valence-corrected chi connectivity index (χ4v) is 1.03. The molecule has 0 aliphatic rings. The zero-order valence-electron chi connectivity index (χ0n) is 9.70. The monoisotopic (exact) mass is 214 g/mol. The number of rotatable bonds is 5. The van der Waals surface area contributed by atoms with Crippen LogP contribution in [0.25, 0.3) is 0 Å². The summed E-state index contributed by atoms with van der Waals surface area (Å²) in [6, 6.07) is 0. The maximum absolute atomic E-state index is 11.4. The Morgan fingerprint density at radius 2 is 1.47 bits per heavy atom. The van der Waals surface area contributed by atoms with E-state index in [1.165, 1.54) is 0 Å². The molecule has 4 heteroatoms. The third-order valence-corrected chi connectivity index (χ3v) is 1.58. The van der Waals surface area contributed by atoms with Crippen LogP contribution in [0.1, 0.15) is 27.7 Å². The van der Waals surface area contributed by atoms with Crippen molar-refractivity contribution in [3.8, 4) is 0 Å². The SMILES string of the molecule is CCOC(=O)C(C=C(C)C)C(=O)OCC. The summed E-state index contributed by atoms with van der Waals surface area (Å²) in [7, 11) is 0. The Morgan fingerprint density at radius 1 is 1.07 bits per heavy atom. The van der Waals surface area contributed by atoms with Crippen molar-refractivity contribution in [1.29, 1.82) is 0 Å². The second-order valence-corrected chi connectivity index (χ2v) is 3.23. The summed E-state index contributed by atoms with van der Waals surface area (Å²) >= 11 is 0. The first-order valence-electron chi connectivity index (χ1n) is 5.01. The lowest BCUT2D eigenvalue weighted by atomic mass is 10.1. The number of allylic oxidation sites excluding steroid dienone is 1. The lowest BCUT2D eigenvalue weighted by Gasteiger charge is -2.11. The molecule has 0 atom stereocenters. The molecule has 0 aromatic rings. The van der Waals surface area contributed by atoms with Crippen LogP contribution in [-0.4, -0.2) is 25.2 Å². The summed E-state index contributed by atoms with van der Waals surface area (Å²) in [4.78, 5) is 22.9. The number of carbonyl (C=O) groups is 2. The van der Waals surface area contributed by atoms with Gasteiger partial charge in [-0.1, -0.05) is 11.6 Å². The minimum Gasteiger partial charge on any atom is -0.465 e. The van der Waals surface area contributed by atoms with Gasteiger partial charge in [0.1, 0.15) is 0 Å². The van der Waals surface area contributed by atoms with Gasteiger partial charge in [0.25, 0.3) is 0 Å². The van der Waals surface area contributed by atoms with Crippen molar-refractivity contribution >= 4 is 11.9 Å². The third kappa shape index (κ3) is 5.20. The van der Waals surface area contributed by atoms with E-state index < -0.39 is 17.9 Å². The first-order chi connectivity index (χ1) is 7.02. The van der Waals surface area contributed by atoms with E-state index in [0.29, 0.717) is 0 Å². The summed E-state index contributed by atoms with van der Waals surface area (Å²) in [5.74, 6) is -2.05. The molecule has 0 aromatic heterocycles. The van der Waals surface area contributed by atoms with E-state index in [-0.39, 0.29) is 13.2 Å². The largest absolute Gasteiger partial charge is 0.465 e. The minimum absolute atomic E-state index is 0.255. The molecule has 0 radical (unpaired) electrons. The maximum Gasteiger partial charge on any atom is 0.324 e. The van der Waals surface area contributed by atoms with E-state index in [1.54, 1.807) is 19.9 Å². The molecule has 86 valence electrons. The van der Waals surface area contributed by atoms with E-state index in [2.05, 4.69) is 0 Å². The molecule has 0 aliphatic carbocycles. The second-order valence-electron chi connectivity index (χ2n) is 3.23. The number of hydrogen-bond acceptors (Lipinski definition) is 4. The van der Waals surface area contributed by atoms with Gasteiger partial charge in [0.05, 0.1) is 13.2 Å². The first kappa shape index (κ1) is 13.7. The van der Waals surface area contributed by atoms with Crippen LogP contribution in [-0.2, 0) is 19.1 Å². The van der Waals surface area contributed by atoms with Gasteiger partial charge in [-0.25, -0.2) is 0 Å². The van der Waals surface area contributed by atoms with E-state index in [4.69, 9.17) is 9.47 Å². The average Bonchev–Trinajstić information content (AvgIpc) is 2.14. The van der Waals surface area contributed by atoms with Gasteiger partial charge in [0.15, 0.2) is 5.92 Å². The van der Waals surface area contributed by atoms with Crippen molar-refractivity contribution in [2.45, 2.75) is 27.7 Å². The smallest absolute Gasteiger partial charge is 0.324 e. The molecule has 0 bridgehead atoms. The molecule has 0 N–H and O–H groups in total. The predicted octanol–water partition coefficient (Wildman–Crippen LogP) is 1.70. The Balaban J connectivity index is 4.65. The topological polar surface area (TPSA) is 52.6 Å². The molecule has 0 rings (SSSR count). The zero-order valence-corrected chi connectivity index (χ0v) is 9.70. The average molecular weight is 214 g/mol. The highest BCUT2D eigenvalue weighted by Crippen LogP contribution is 2.08. The van der Waals surface area contributed by atoms with Crippen molar-refractivity contribution in [3.63, 3.8) is 0 Å². The number of esters is 2. The van der Waals surface area contributed by atoms with Crippen molar-refractivity contribution in [1.82, 2.24) is 0 Å². The van der Waals surface area contributed by atoms with Crippen molar-refractivity contribution in [2.24, 2.45) is 5.92 Å². The molecule has 0 aliphatic heterocycles. The highest BCUT2D eigenvalue weighted by Gasteiger charge is 2.26. The van der Waals surface area contributed by atoms with Gasteiger partial charge < -0.3 is 9.47 Å².